The number of aromatic carboxylic acids is 1. The number of carboxylic acids is 1. The Balaban J connectivity index is 2.21. The van der Waals surface area contributed by atoms with Crippen LogP contribution in [0.5, 0.6) is 0 Å². The largest absolute Gasteiger partial charge is 0.475 e. The molecule has 0 unspecified atom stereocenters. The van der Waals surface area contributed by atoms with Gasteiger partial charge in [0.2, 0.25) is 0 Å². The quantitative estimate of drug-likeness (QED) is 0.943. The van der Waals surface area contributed by atoms with Crippen LogP contribution < -0.4 is 0 Å². The first-order valence-electron chi connectivity index (χ1n) is 6.44. The summed E-state index contributed by atoms with van der Waals surface area (Å²) >= 11 is 6.32. The predicted octanol–water partition coefficient (Wildman–Crippen LogP) is 3.11. The number of nitrogens with zero attached hydrogens (tertiary/aromatic N) is 3. The van der Waals surface area contributed by atoms with E-state index >= 15 is 0 Å². The summed E-state index contributed by atoms with van der Waals surface area (Å²) in [5.41, 5.74) is 2.74. The van der Waals surface area contributed by atoms with Gasteiger partial charge in [-0.25, -0.2) is 14.5 Å². The van der Waals surface area contributed by atoms with Gasteiger partial charge < -0.3 is 5.11 Å². The van der Waals surface area contributed by atoms with Crippen molar-refractivity contribution in [2.75, 3.05) is 0 Å². The Bertz CT molecular complexity index is 681. The second kappa shape index (κ2) is 4.59. The number of halogens is 1. The van der Waals surface area contributed by atoms with Crippen LogP contribution in [0.25, 0.3) is 5.69 Å². The summed E-state index contributed by atoms with van der Waals surface area (Å²) in [6.45, 7) is 3.90. The van der Waals surface area contributed by atoms with Crippen LogP contribution in [0.3, 0.4) is 0 Å². The van der Waals surface area contributed by atoms with Gasteiger partial charge in [0.05, 0.1) is 10.7 Å². The Hall–Kier alpha value is -1.88. The van der Waals surface area contributed by atoms with Crippen LogP contribution in [0.1, 0.15) is 46.3 Å². The van der Waals surface area contributed by atoms with Crippen molar-refractivity contribution >= 4 is 17.6 Å². The molecule has 1 saturated carbocycles. The first kappa shape index (κ1) is 13.1. The van der Waals surface area contributed by atoms with Crippen LogP contribution in [0.15, 0.2) is 12.1 Å². The van der Waals surface area contributed by atoms with E-state index in [4.69, 9.17) is 16.7 Å². The zero-order valence-electron chi connectivity index (χ0n) is 11.2. The number of aromatic nitrogens is 3. The zero-order valence-corrected chi connectivity index (χ0v) is 12.0. The molecule has 1 aliphatic carbocycles. The van der Waals surface area contributed by atoms with Gasteiger partial charge >= 0.3 is 5.97 Å². The topological polar surface area (TPSA) is 68.0 Å². The van der Waals surface area contributed by atoms with E-state index in [0.29, 0.717) is 10.8 Å². The lowest BCUT2D eigenvalue weighted by Crippen LogP contribution is -2.06. The molecule has 0 bridgehead atoms. The molecule has 0 radical (unpaired) electrons. The first-order valence-corrected chi connectivity index (χ1v) is 6.82. The highest BCUT2D eigenvalue weighted by molar-refractivity contribution is 6.32. The second-order valence-electron chi connectivity index (χ2n) is 5.20. The minimum absolute atomic E-state index is 0.178. The molecule has 0 spiro atoms. The molecular formula is C14H14ClN3O2. The van der Waals surface area contributed by atoms with E-state index in [9.17, 15) is 4.79 Å². The average Bonchev–Trinajstić information content (AvgIpc) is 3.09. The standard InChI is InChI=1S/C14H14ClN3O2/c1-7-5-8(2)11(10(15)6-7)18-13(9-3-4-9)16-12(17-18)14(19)20/h5-6,9H,3-4H2,1-2H3,(H,19,20). The van der Waals surface area contributed by atoms with E-state index in [1.807, 2.05) is 26.0 Å². The van der Waals surface area contributed by atoms with Gasteiger partial charge in [-0.05, 0) is 43.9 Å². The molecule has 5 nitrogen and oxygen atoms in total. The van der Waals surface area contributed by atoms with Crippen LogP contribution in [-0.2, 0) is 0 Å². The molecule has 1 aliphatic rings. The zero-order chi connectivity index (χ0) is 14.4. The Morgan fingerprint density at radius 2 is 2.10 bits per heavy atom. The molecule has 20 heavy (non-hydrogen) atoms. The number of rotatable bonds is 3. The molecule has 0 aliphatic heterocycles. The molecule has 0 atom stereocenters. The number of hydrogen-bond acceptors (Lipinski definition) is 3. The van der Waals surface area contributed by atoms with Gasteiger partial charge in [-0.15, -0.1) is 5.10 Å². The highest BCUT2D eigenvalue weighted by Crippen LogP contribution is 2.40. The van der Waals surface area contributed by atoms with Gasteiger partial charge in [0.25, 0.3) is 5.82 Å². The van der Waals surface area contributed by atoms with Crippen LogP contribution in [0.4, 0.5) is 0 Å². The minimum atomic E-state index is -1.12. The molecule has 3 rings (SSSR count). The lowest BCUT2D eigenvalue weighted by molar-refractivity contribution is 0.0683. The van der Waals surface area contributed by atoms with Gasteiger partial charge in [-0.2, -0.15) is 0 Å². The van der Waals surface area contributed by atoms with E-state index in [2.05, 4.69) is 10.1 Å². The van der Waals surface area contributed by atoms with Crippen molar-refractivity contribution in [2.45, 2.75) is 32.6 Å². The van der Waals surface area contributed by atoms with Crippen molar-refractivity contribution in [1.82, 2.24) is 14.8 Å². The molecule has 1 aromatic heterocycles. The van der Waals surface area contributed by atoms with Crippen molar-refractivity contribution in [2.24, 2.45) is 0 Å². The summed E-state index contributed by atoms with van der Waals surface area (Å²) in [5, 5.41) is 13.8. The van der Waals surface area contributed by atoms with E-state index in [-0.39, 0.29) is 11.7 Å². The molecule has 0 amide bonds. The monoisotopic (exact) mass is 291 g/mol. The molecule has 2 aromatic rings. The predicted molar refractivity (Wildman–Crippen MR) is 74.8 cm³/mol. The lowest BCUT2D eigenvalue weighted by atomic mass is 10.1. The first-order chi connectivity index (χ1) is 9.47. The van der Waals surface area contributed by atoms with Crippen LogP contribution in [0.2, 0.25) is 5.02 Å². The fraction of sp³-hybridized carbons (Fsp3) is 0.357. The molecule has 1 N–H and O–H groups in total. The third-order valence-corrected chi connectivity index (χ3v) is 3.66. The van der Waals surface area contributed by atoms with Crippen molar-refractivity contribution in [3.63, 3.8) is 0 Å². The number of aryl methyl sites for hydroxylation is 2. The third-order valence-electron chi connectivity index (χ3n) is 3.38. The number of carboxylic acid groups (broad SMARTS) is 1. The normalized spacial score (nSPS) is 14.6. The summed E-state index contributed by atoms with van der Waals surface area (Å²) in [5.74, 6) is -0.321. The molecule has 6 heteroatoms. The Morgan fingerprint density at radius 1 is 1.40 bits per heavy atom. The van der Waals surface area contributed by atoms with Gasteiger partial charge in [0.1, 0.15) is 5.82 Å². The van der Waals surface area contributed by atoms with Gasteiger partial charge in [0.15, 0.2) is 0 Å². The molecule has 1 heterocycles. The van der Waals surface area contributed by atoms with Crippen LogP contribution >= 0.6 is 11.6 Å². The van der Waals surface area contributed by atoms with E-state index in [1.165, 1.54) is 0 Å². The number of carbonyl (C=O) groups is 1. The van der Waals surface area contributed by atoms with Crippen LogP contribution in [0, 0.1) is 13.8 Å². The SMILES string of the molecule is Cc1cc(C)c(-n2nc(C(=O)O)nc2C2CC2)c(Cl)c1. The van der Waals surface area contributed by atoms with Crippen molar-refractivity contribution < 1.29 is 9.90 Å². The summed E-state index contributed by atoms with van der Waals surface area (Å²) < 4.78 is 1.60. The maximum atomic E-state index is 11.1. The number of benzene rings is 1. The average molecular weight is 292 g/mol. The molecule has 0 saturated heterocycles. The summed E-state index contributed by atoms with van der Waals surface area (Å²) in [4.78, 5) is 15.2. The highest BCUT2D eigenvalue weighted by atomic mass is 35.5. The Morgan fingerprint density at radius 3 is 2.65 bits per heavy atom. The van der Waals surface area contributed by atoms with Crippen molar-refractivity contribution in [3.8, 4) is 5.69 Å². The van der Waals surface area contributed by atoms with Crippen LogP contribution in [-0.4, -0.2) is 25.8 Å². The summed E-state index contributed by atoms with van der Waals surface area (Å²) in [7, 11) is 0. The maximum Gasteiger partial charge on any atom is 0.375 e. The number of hydrogen-bond donors (Lipinski definition) is 1. The summed E-state index contributed by atoms with van der Waals surface area (Å²) in [6.07, 6.45) is 2.03. The summed E-state index contributed by atoms with van der Waals surface area (Å²) in [6, 6.07) is 3.85. The minimum Gasteiger partial charge on any atom is -0.475 e. The Kier molecular flexibility index (Phi) is 3.01. The molecule has 1 fully saturated rings. The Labute approximate surface area is 121 Å². The fourth-order valence-corrected chi connectivity index (χ4v) is 2.76. The molecular weight excluding hydrogens is 278 g/mol. The second-order valence-corrected chi connectivity index (χ2v) is 5.60. The van der Waals surface area contributed by atoms with Crippen molar-refractivity contribution in [3.05, 3.63) is 39.9 Å². The van der Waals surface area contributed by atoms with Crippen molar-refractivity contribution in [1.29, 1.82) is 0 Å². The molecule has 104 valence electrons. The third kappa shape index (κ3) is 2.18. The maximum absolute atomic E-state index is 11.1. The molecule has 1 aromatic carbocycles. The fourth-order valence-electron chi connectivity index (χ4n) is 2.36. The lowest BCUT2D eigenvalue weighted by Gasteiger charge is -2.11. The smallest absolute Gasteiger partial charge is 0.375 e. The highest BCUT2D eigenvalue weighted by Gasteiger charge is 2.32. The van der Waals surface area contributed by atoms with E-state index in [1.54, 1.807) is 4.68 Å². The van der Waals surface area contributed by atoms with Gasteiger partial charge in [-0.1, -0.05) is 17.7 Å². The van der Waals surface area contributed by atoms with Gasteiger partial charge in [-0.3, -0.25) is 0 Å². The van der Waals surface area contributed by atoms with E-state index < -0.39 is 5.97 Å². The van der Waals surface area contributed by atoms with Gasteiger partial charge in [0, 0.05) is 5.92 Å². The van der Waals surface area contributed by atoms with E-state index in [0.717, 1.165) is 29.7 Å².